The number of ether oxygens (including phenoxy) is 1. The van der Waals surface area contributed by atoms with Gasteiger partial charge in [0.15, 0.2) is 0 Å². The first-order valence-corrected chi connectivity index (χ1v) is 5.73. The van der Waals surface area contributed by atoms with E-state index in [2.05, 4.69) is 9.97 Å². The second-order valence-corrected chi connectivity index (χ2v) is 3.99. The Kier molecular flexibility index (Phi) is 5.03. The number of rotatable bonds is 6. The van der Waals surface area contributed by atoms with Gasteiger partial charge in [0, 0.05) is 19.2 Å². The molecule has 0 aliphatic heterocycles. The molecule has 0 bridgehead atoms. The fraction of sp³-hybridized carbons (Fsp3) is 0.583. The molecule has 0 saturated carbocycles. The molecular weight excluding hydrogens is 220 g/mol. The molecular formula is C12H18N2O3. The van der Waals surface area contributed by atoms with Crippen molar-refractivity contribution < 1.29 is 14.6 Å². The van der Waals surface area contributed by atoms with Crippen molar-refractivity contribution in [3.63, 3.8) is 0 Å². The van der Waals surface area contributed by atoms with Crippen LogP contribution in [0.4, 0.5) is 0 Å². The zero-order chi connectivity index (χ0) is 12.8. The summed E-state index contributed by atoms with van der Waals surface area (Å²) in [7, 11) is 0. The summed E-state index contributed by atoms with van der Waals surface area (Å²) in [5.74, 6) is -0.285. The lowest BCUT2D eigenvalue weighted by atomic mass is 10.1. The van der Waals surface area contributed by atoms with Crippen LogP contribution in [0.2, 0.25) is 0 Å². The average molecular weight is 238 g/mol. The molecule has 0 unspecified atom stereocenters. The first-order valence-electron chi connectivity index (χ1n) is 5.73. The van der Waals surface area contributed by atoms with Gasteiger partial charge in [-0.1, -0.05) is 13.8 Å². The fourth-order valence-corrected chi connectivity index (χ4v) is 1.47. The van der Waals surface area contributed by atoms with Crippen molar-refractivity contribution >= 4 is 5.97 Å². The molecule has 0 aromatic carbocycles. The summed E-state index contributed by atoms with van der Waals surface area (Å²) in [5.41, 5.74) is 0.763. The number of carbonyl (C=O) groups is 1. The van der Waals surface area contributed by atoms with Crippen LogP contribution in [0.1, 0.15) is 48.6 Å². The highest BCUT2D eigenvalue weighted by Gasteiger charge is 2.15. The minimum absolute atomic E-state index is 0.0648. The van der Waals surface area contributed by atoms with Crippen LogP contribution >= 0.6 is 0 Å². The zero-order valence-electron chi connectivity index (χ0n) is 10.4. The maximum absolute atomic E-state index is 11.0. The Morgan fingerprint density at radius 2 is 2.24 bits per heavy atom. The van der Waals surface area contributed by atoms with E-state index < -0.39 is 5.97 Å². The van der Waals surface area contributed by atoms with Gasteiger partial charge in [-0.2, -0.15) is 0 Å². The van der Waals surface area contributed by atoms with Gasteiger partial charge in [-0.15, -0.1) is 0 Å². The smallest absolute Gasteiger partial charge is 0.339 e. The Hall–Kier alpha value is -1.49. The molecule has 0 atom stereocenters. The number of aromatic carboxylic acids is 1. The molecule has 1 aromatic heterocycles. The van der Waals surface area contributed by atoms with Crippen LogP contribution < -0.4 is 0 Å². The summed E-state index contributed by atoms with van der Waals surface area (Å²) in [6.45, 7) is 6.97. The van der Waals surface area contributed by atoms with Gasteiger partial charge in [0.05, 0.1) is 17.9 Å². The van der Waals surface area contributed by atoms with Crippen LogP contribution in [0.3, 0.4) is 0 Å². The van der Waals surface area contributed by atoms with Crippen molar-refractivity contribution in [3.05, 3.63) is 23.3 Å². The normalized spacial score (nSPS) is 10.8. The Balaban J connectivity index is 2.90. The van der Waals surface area contributed by atoms with Crippen molar-refractivity contribution in [2.45, 2.75) is 33.1 Å². The minimum Gasteiger partial charge on any atom is -0.478 e. The molecule has 1 rings (SSSR count). The van der Waals surface area contributed by atoms with Crippen LogP contribution in [0.15, 0.2) is 6.20 Å². The number of carboxylic acids is 1. The molecule has 1 heterocycles. The maximum Gasteiger partial charge on any atom is 0.339 e. The van der Waals surface area contributed by atoms with Crippen molar-refractivity contribution in [3.8, 4) is 0 Å². The van der Waals surface area contributed by atoms with E-state index in [1.807, 2.05) is 20.8 Å². The van der Waals surface area contributed by atoms with Crippen molar-refractivity contribution in [2.75, 3.05) is 13.2 Å². The molecule has 0 aliphatic rings. The molecule has 0 spiro atoms. The molecule has 5 nitrogen and oxygen atoms in total. The fourth-order valence-electron chi connectivity index (χ4n) is 1.47. The average Bonchev–Trinajstić information content (AvgIpc) is 2.29. The highest BCUT2D eigenvalue weighted by Crippen LogP contribution is 2.16. The highest BCUT2D eigenvalue weighted by atomic mass is 16.5. The molecule has 94 valence electrons. The number of nitrogens with zero attached hydrogens (tertiary/aromatic N) is 2. The summed E-state index contributed by atoms with van der Waals surface area (Å²) >= 11 is 0. The van der Waals surface area contributed by atoms with Gasteiger partial charge in [-0.3, -0.25) is 0 Å². The van der Waals surface area contributed by atoms with Gasteiger partial charge in [-0.25, -0.2) is 14.8 Å². The molecule has 0 fully saturated rings. The summed E-state index contributed by atoms with van der Waals surface area (Å²) < 4.78 is 5.22. The van der Waals surface area contributed by atoms with Crippen LogP contribution in [0.25, 0.3) is 0 Å². The number of aromatic nitrogens is 2. The van der Waals surface area contributed by atoms with Gasteiger partial charge in [0.1, 0.15) is 5.82 Å². The molecule has 0 radical (unpaired) electrons. The zero-order valence-corrected chi connectivity index (χ0v) is 10.4. The van der Waals surface area contributed by atoms with E-state index in [4.69, 9.17) is 9.84 Å². The van der Waals surface area contributed by atoms with Crippen LogP contribution in [-0.4, -0.2) is 34.3 Å². The molecule has 5 heteroatoms. The van der Waals surface area contributed by atoms with Crippen molar-refractivity contribution in [2.24, 2.45) is 0 Å². The third-order valence-electron chi connectivity index (χ3n) is 2.32. The van der Waals surface area contributed by atoms with E-state index in [9.17, 15) is 4.79 Å². The lowest BCUT2D eigenvalue weighted by Gasteiger charge is -2.10. The predicted molar refractivity (Wildman–Crippen MR) is 63.3 cm³/mol. The van der Waals surface area contributed by atoms with Crippen LogP contribution in [-0.2, 0) is 11.2 Å². The van der Waals surface area contributed by atoms with E-state index in [1.54, 1.807) is 0 Å². The Labute approximate surface area is 101 Å². The number of hydrogen-bond donors (Lipinski definition) is 1. The van der Waals surface area contributed by atoms with E-state index in [-0.39, 0.29) is 11.5 Å². The van der Waals surface area contributed by atoms with Crippen LogP contribution in [0.5, 0.6) is 0 Å². The Morgan fingerprint density at radius 1 is 1.53 bits per heavy atom. The second-order valence-electron chi connectivity index (χ2n) is 3.99. The lowest BCUT2D eigenvalue weighted by Crippen LogP contribution is -2.11. The first kappa shape index (κ1) is 13.6. The monoisotopic (exact) mass is 238 g/mol. The van der Waals surface area contributed by atoms with Gasteiger partial charge in [0.2, 0.25) is 0 Å². The molecule has 0 aliphatic carbocycles. The number of carboxylic acid groups (broad SMARTS) is 1. The van der Waals surface area contributed by atoms with Crippen LogP contribution in [0, 0.1) is 0 Å². The molecule has 17 heavy (non-hydrogen) atoms. The van der Waals surface area contributed by atoms with Gasteiger partial charge in [0.25, 0.3) is 0 Å². The molecule has 1 aromatic rings. The lowest BCUT2D eigenvalue weighted by molar-refractivity contribution is 0.0694. The van der Waals surface area contributed by atoms with E-state index >= 15 is 0 Å². The molecule has 1 N–H and O–H groups in total. The Morgan fingerprint density at radius 3 is 2.76 bits per heavy atom. The summed E-state index contributed by atoms with van der Waals surface area (Å²) in [5, 5.41) is 9.01. The summed E-state index contributed by atoms with van der Waals surface area (Å²) in [6, 6.07) is 0. The number of hydrogen-bond acceptors (Lipinski definition) is 4. The van der Waals surface area contributed by atoms with Crippen molar-refractivity contribution in [1.82, 2.24) is 9.97 Å². The largest absolute Gasteiger partial charge is 0.478 e. The predicted octanol–water partition coefficient (Wildman–Crippen LogP) is 1.88. The molecule has 0 amide bonds. The standard InChI is InChI=1S/C12H18N2O3/c1-4-17-6-5-10-13-7-9(12(15)16)11(14-10)8(2)3/h7-8H,4-6H2,1-3H3,(H,15,16). The summed E-state index contributed by atoms with van der Waals surface area (Å²) in [6.07, 6.45) is 1.99. The SMILES string of the molecule is CCOCCc1ncc(C(=O)O)c(C(C)C)n1. The molecule has 0 saturated heterocycles. The topological polar surface area (TPSA) is 72.3 Å². The van der Waals surface area contributed by atoms with E-state index in [0.29, 0.717) is 31.2 Å². The minimum atomic E-state index is -0.981. The third kappa shape index (κ3) is 3.78. The van der Waals surface area contributed by atoms with E-state index in [1.165, 1.54) is 6.20 Å². The van der Waals surface area contributed by atoms with Gasteiger partial charge >= 0.3 is 5.97 Å². The Bertz CT molecular complexity index is 391. The second kappa shape index (κ2) is 6.30. The van der Waals surface area contributed by atoms with E-state index in [0.717, 1.165) is 0 Å². The summed E-state index contributed by atoms with van der Waals surface area (Å²) in [4.78, 5) is 19.3. The maximum atomic E-state index is 11.0. The van der Waals surface area contributed by atoms with Gasteiger partial charge in [-0.05, 0) is 12.8 Å². The highest BCUT2D eigenvalue weighted by molar-refractivity contribution is 5.88. The quantitative estimate of drug-likeness (QED) is 0.766. The third-order valence-corrected chi connectivity index (χ3v) is 2.32. The van der Waals surface area contributed by atoms with Crippen molar-refractivity contribution in [1.29, 1.82) is 0 Å². The first-order chi connectivity index (χ1) is 8.06. The van der Waals surface area contributed by atoms with Gasteiger partial charge < -0.3 is 9.84 Å².